The van der Waals surface area contributed by atoms with Gasteiger partial charge in [-0.25, -0.2) is 4.79 Å². The van der Waals surface area contributed by atoms with Crippen molar-refractivity contribution in [2.45, 2.75) is 39.0 Å². The Balaban J connectivity index is 2.24. The van der Waals surface area contributed by atoms with Crippen molar-refractivity contribution in [1.82, 2.24) is 4.98 Å². The predicted octanol–water partition coefficient (Wildman–Crippen LogP) is 2.79. The molecule has 0 aliphatic rings. The van der Waals surface area contributed by atoms with Gasteiger partial charge in [0, 0.05) is 6.20 Å². The Morgan fingerprint density at radius 2 is 2.12 bits per heavy atom. The summed E-state index contributed by atoms with van der Waals surface area (Å²) in [5.41, 5.74) is 6.39. The number of rotatable bonds is 7. The van der Waals surface area contributed by atoms with Crippen LogP contribution in [0.1, 0.15) is 49.4 Å². The van der Waals surface area contributed by atoms with Gasteiger partial charge in [0.15, 0.2) is 0 Å². The number of esters is 1. The van der Waals surface area contributed by atoms with Crippen molar-refractivity contribution in [2.24, 2.45) is 0 Å². The second kappa shape index (κ2) is 7.65. The molecular weight excluding hydrogens is 216 g/mol. The third-order valence-electron chi connectivity index (χ3n) is 2.55. The molecule has 0 amide bonds. The summed E-state index contributed by atoms with van der Waals surface area (Å²) in [7, 11) is 0. The SMILES string of the molecule is CCCCCCCOC(=O)c1ccncc1N. The number of carbonyl (C=O) groups excluding carboxylic acids is 1. The second-order valence-electron chi connectivity index (χ2n) is 4.01. The molecule has 0 aliphatic carbocycles. The molecule has 0 saturated carbocycles. The minimum Gasteiger partial charge on any atom is -0.462 e. The number of nitrogen functional groups attached to an aromatic ring is 1. The van der Waals surface area contributed by atoms with Crippen LogP contribution in [0.3, 0.4) is 0 Å². The highest BCUT2D eigenvalue weighted by Gasteiger charge is 2.09. The highest BCUT2D eigenvalue weighted by molar-refractivity contribution is 5.94. The fourth-order valence-electron chi connectivity index (χ4n) is 1.54. The number of nitrogens with two attached hydrogens (primary N) is 1. The molecule has 0 aromatic carbocycles. The standard InChI is InChI=1S/C13H20N2O2/c1-2-3-4-5-6-9-17-13(16)11-7-8-15-10-12(11)14/h7-8,10H,2-6,9,14H2,1H3. The molecule has 4 nitrogen and oxygen atoms in total. The number of carbonyl (C=O) groups is 1. The quantitative estimate of drug-likeness (QED) is 0.584. The zero-order valence-electron chi connectivity index (χ0n) is 10.3. The van der Waals surface area contributed by atoms with E-state index in [1.54, 1.807) is 6.07 Å². The highest BCUT2D eigenvalue weighted by atomic mass is 16.5. The third kappa shape index (κ3) is 4.85. The molecular formula is C13H20N2O2. The van der Waals surface area contributed by atoms with E-state index in [2.05, 4.69) is 11.9 Å². The van der Waals surface area contributed by atoms with Gasteiger partial charge in [-0.2, -0.15) is 0 Å². The molecule has 4 heteroatoms. The van der Waals surface area contributed by atoms with Gasteiger partial charge in [0.2, 0.25) is 0 Å². The zero-order chi connectivity index (χ0) is 12.5. The summed E-state index contributed by atoms with van der Waals surface area (Å²) >= 11 is 0. The lowest BCUT2D eigenvalue weighted by Gasteiger charge is -2.06. The van der Waals surface area contributed by atoms with Gasteiger partial charge in [0.05, 0.1) is 24.1 Å². The summed E-state index contributed by atoms with van der Waals surface area (Å²) in [6, 6.07) is 1.58. The first-order valence-electron chi connectivity index (χ1n) is 6.12. The van der Waals surface area contributed by atoms with Gasteiger partial charge in [-0.3, -0.25) is 4.98 Å². The van der Waals surface area contributed by atoms with Crippen LogP contribution in [0.2, 0.25) is 0 Å². The van der Waals surface area contributed by atoms with Gasteiger partial charge in [0.1, 0.15) is 0 Å². The predicted molar refractivity (Wildman–Crippen MR) is 67.7 cm³/mol. The molecule has 0 saturated heterocycles. The fraction of sp³-hybridized carbons (Fsp3) is 0.538. The molecule has 0 spiro atoms. The topological polar surface area (TPSA) is 65.2 Å². The lowest BCUT2D eigenvalue weighted by Crippen LogP contribution is -2.09. The fourth-order valence-corrected chi connectivity index (χ4v) is 1.54. The molecule has 1 heterocycles. The molecule has 1 rings (SSSR count). The van der Waals surface area contributed by atoms with Crippen LogP contribution < -0.4 is 5.73 Å². The van der Waals surface area contributed by atoms with Crippen LogP contribution in [-0.4, -0.2) is 17.6 Å². The lowest BCUT2D eigenvalue weighted by molar-refractivity contribution is 0.0499. The van der Waals surface area contributed by atoms with Crippen LogP contribution in [0.4, 0.5) is 5.69 Å². The average Bonchev–Trinajstić information content (AvgIpc) is 2.34. The van der Waals surface area contributed by atoms with Gasteiger partial charge >= 0.3 is 5.97 Å². The molecule has 0 fully saturated rings. The van der Waals surface area contributed by atoms with E-state index in [1.807, 2.05) is 0 Å². The van der Waals surface area contributed by atoms with E-state index >= 15 is 0 Å². The van der Waals surface area contributed by atoms with E-state index < -0.39 is 0 Å². The van der Waals surface area contributed by atoms with Crippen molar-refractivity contribution >= 4 is 11.7 Å². The first kappa shape index (κ1) is 13.5. The molecule has 0 aliphatic heterocycles. The van der Waals surface area contributed by atoms with Crippen LogP contribution >= 0.6 is 0 Å². The van der Waals surface area contributed by atoms with Crippen LogP contribution in [0.25, 0.3) is 0 Å². The van der Waals surface area contributed by atoms with Gasteiger partial charge in [0.25, 0.3) is 0 Å². The van der Waals surface area contributed by atoms with E-state index in [4.69, 9.17) is 10.5 Å². The third-order valence-corrected chi connectivity index (χ3v) is 2.55. The monoisotopic (exact) mass is 236 g/mol. The average molecular weight is 236 g/mol. The highest BCUT2D eigenvalue weighted by Crippen LogP contribution is 2.10. The van der Waals surface area contributed by atoms with Crippen LogP contribution in [0.5, 0.6) is 0 Å². The van der Waals surface area contributed by atoms with Crippen molar-refractivity contribution in [3.8, 4) is 0 Å². The maximum absolute atomic E-state index is 11.6. The number of nitrogens with zero attached hydrogens (tertiary/aromatic N) is 1. The largest absolute Gasteiger partial charge is 0.462 e. The maximum Gasteiger partial charge on any atom is 0.340 e. The second-order valence-corrected chi connectivity index (χ2v) is 4.01. The number of unbranched alkanes of at least 4 members (excludes halogenated alkanes) is 4. The Morgan fingerprint density at radius 3 is 2.82 bits per heavy atom. The van der Waals surface area contributed by atoms with Gasteiger partial charge in [-0.1, -0.05) is 32.6 Å². The molecule has 0 atom stereocenters. The van der Waals surface area contributed by atoms with Crippen molar-refractivity contribution < 1.29 is 9.53 Å². The van der Waals surface area contributed by atoms with Gasteiger partial charge in [-0.15, -0.1) is 0 Å². The van der Waals surface area contributed by atoms with Crippen molar-refractivity contribution in [1.29, 1.82) is 0 Å². The van der Waals surface area contributed by atoms with Crippen molar-refractivity contribution in [3.05, 3.63) is 24.0 Å². The molecule has 0 unspecified atom stereocenters. The molecule has 0 bridgehead atoms. The Hall–Kier alpha value is -1.58. The van der Waals surface area contributed by atoms with Crippen LogP contribution in [0, 0.1) is 0 Å². The smallest absolute Gasteiger partial charge is 0.340 e. The summed E-state index contributed by atoms with van der Waals surface area (Å²) in [5.74, 6) is -0.361. The first-order valence-corrected chi connectivity index (χ1v) is 6.12. The summed E-state index contributed by atoms with van der Waals surface area (Å²) in [6.07, 6.45) is 8.67. The number of anilines is 1. The van der Waals surface area contributed by atoms with Gasteiger partial charge in [-0.05, 0) is 12.5 Å². The summed E-state index contributed by atoms with van der Waals surface area (Å²) < 4.78 is 5.14. The number of hydrogen-bond acceptors (Lipinski definition) is 4. The van der Waals surface area contributed by atoms with E-state index in [9.17, 15) is 4.79 Å². The Bertz CT molecular complexity index is 353. The molecule has 2 N–H and O–H groups in total. The molecule has 17 heavy (non-hydrogen) atoms. The van der Waals surface area contributed by atoms with E-state index in [1.165, 1.54) is 31.7 Å². The van der Waals surface area contributed by atoms with E-state index in [-0.39, 0.29) is 5.97 Å². The Labute approximate surface area is 102 Å². The molecule has 94 valence electrons. The van der Waals surface area contributed by atoms with Crippen molar-refractivity contribution in [2.75, 3.05) is 12.3 Å². The number of pyridine rings is 1. The van der Waals surface area contributed by atoms with Gasteiger partial charge < -0.3 is 10.5 Å². The van der Waals surface area contributed by atoms with E-state index in [0.717, 1.165) is 12.8 Å². The van der Waals surface area contributed by atoms with E-state index in [0.29, 0.717) is 17.9 Å². The number of ether oxygens (including phenoxy) is 1. The number of hydrogen-bond donors (Lipinski definition) is 1. The minimum atomic E-state index is -0.361. The summed E-state index contributed by atoms with van der Waals surface area (Å²) in [4.78, 5) is 15.4. The Kier molecular flexibility index (Phi) is 6.07. The summed E-state index contributed by atoms with van der Waals surface area (Å²) in [6.45, 7) is 2.64. The van der Waals surface area contributed by atoms with Crippen LogP contribution in [-0.2, 0) is 4.74 Å². The minimum absolute atomic E-state index is 0.361. The molecule has 0 radical (unpaired) electrons. The normalized spacial score (nSPS) is 10.2. The molecule has 1 aromatic heterocycles. The summed E-state index contributed by atoms with van der Waals surface area (Å²) in [5, 5.41) is 0. The number of aromatic nitrogens is 1. The van der Waals surface area contributed by atoms with Crippen molar-refractivity contribution in [3.63, 3.8) is 0 Å². The zero-order valence-corrected chi connectivity index (χ0v) is 10.3. The first-order chi connectivity index (χ1) is 8.25. The lowest BCUT2D eigenvalue weighted by atomic mass is 10.2. The van der Waals surface area contributed by atoms with Crippen LogP contribution in [0.15, 0.2) is 18.5 Å². The maximum atomic E-state index is 11.6. The molecule has 1 aromatic rings. The Morgan fingerprint density at radius 1 is 1.35 bits per heavy atom.